The van der Waals surface area contributed by atoms with Gasteiger partial charge in [-0.25, -0.2) is 4.79 Å². The lowest BCUT2D eigenvalue weighted by Crippen LogP contribution is -2.13. The van der Waals surface area contributed by atoms with Crippen molar-refractivity contribution in [1.82, 2.24) is 0 Å². The third-order valence-electron chi connectivity index (χ3n) is 3.68. The van der Waals surface area contributed by atoms with E-state index in [1.54, 1.807) is 12.1 Å². The van der Waals surface area contributed by atoms with Gasteiger partial charge in [-0.1, -0.05) is 47.1 Å². The molecule has 106 valence electrons. The molecule has 0 saturated carbocycles. The molecule has 0 unspecified atom stereocenters. The molecule has 1 aliphatic carbocycles. The van der Waals surface area contributed by atoms with Crippen LogP contribution in [0.3, 0.4) is 0 Å². The number of carbonyl (C=O) groups excluding carboxylic acids is 1. The zero-order chi connectivity index (χ0) is 14.7. The summed E-state index contributed by atoms with van der Waals surface area (Å²) < 4.78 is 0. The summed E-state index contributed by atoms with van der Waals surface area (Å²) in [7, 11) is 0. The molecule has 2 aromatic rings. The predicted molar refractivity (Wildman–Crippen MR) is 82.5 cm³/mol. The minimum atomic E-state index is -0.415. The van der Waals surface area contributed by atoms with Crippen molar-refractivity contribution in [2.24, 2.45) is 5.16 Å². The van der Waals surface area contributed by atoms with Crippen molar-refractivity contribution in [3.63, 3.8) is 0 Å². The predicted octanol–water partition coefficient (Wildman–Crippen LogP) is 3.89. The second-order valence-electron chi connectivity index (χ2n) is 5.30. The molecule has 0 atom stereocenters. The van der Waals surface area contributed by atoms with E-state index in [9.17, 15) is 4.79 Å². The van der Waals surface area contributed by atoms with Gasteiger partial charge in [0.2, 0.25) is 0 Å². The number of benzene rings is 2. The van der Waals surface area contributed by atoms with Crippen molar-refractivity contribution >= 4 is 11.7 Å². The van der Waals surface area contributed by atoms with Crippen LogP contribution in [0.25, 0.3) is 0 Å². The summed E-state index contributed by atoms with van der Waals surface area (Å²) >= 11 is 0. The van der Waals surface area contributed by atoms with Gasteiger partial charge in [0.1, 0.15) is 0 Å². The molecule has 3 heteroatoms. The summed E-state index contributed by atoms with van der Waals surface area (Å²) in [5.41, 5.74) is 5.02. The number of oxime groups is 1. The highest BCUT2D eigenvalue weighted by atomic mass is 16.7. The molecule has 0 spiro atoms. The van der Waals surface area contributed by atoms with Crippen molar-refractivity contribution in [3.8, 4) is 0 Å². The van der Waals surface area contributed by atoms with Gasteiger partial charge in [0.15, 0.2) is 0 Å². The van der Waals surface area contributed by atoms with Crippen LogP contribution in [0, 0.1) is 6.92 Å². The molecule has 0 heterocycles. The third-order valence-corrected chi connectivity index (χ3v) is 3.68. The minimum Gasteiger partial charge on any atom is -0.313 e. The molecule has 0 bridgehead atoms. The molecule has 0 aromatic heterocycles. The van der Waals surface area contributed by atoms with Crippen molar-refractivity contribution < 1.29 is 9.63 Å². The molecular formula is C18H17NO2. The van der Waals surface area contributed by atoms with Gasteiger partial charge < -0.3 is 4.84 Å². The average molecular weight is 279 g/mol. The van der Waals surface area contributed by atoms with E-state index < -0.39 is 5.97 Å². The third kappa shape index (κ3) is 3.02. The highest BCUT2D eigenvalue weighted by molar-refractivity contribution is 6.03. The first-order valence-electron chi connectivity index (χ1n) is 7.17. The van der Waals surface area contributed by atoms with Gasteiger partial charge in [0.05, 0.1) is 11.3 Å². The summed E-state index contributed by atoms with van der Waals surface area (Å²) in [5, 5.41) is 4.10. The molecule has 2 aromatic carbocycles. The molecule has 0 N–H and O–H groups in total. The quantitative estimate of drug-likeness (QED) is 0.618. The van der Waals surface area contributed by atoms with Crippen LogP contribution in [-0.4, -0.2) is 11.7 Å². The minimum absolute atomic E-state index is 0.415. The van der Waals surface area contributed by atoms with E-state index in [4.69, 9.17) is 4.84 Å². The van der Waals surface area contributed by atoms with Crippen LogP contribution in [0.4, 0.5) is 0 Å². The summed E-state index contributed by atoms with van der Waals surface area (Å²) in [5.74, 6) is -0.415. The van der Waals surface area contributed by atoms with Gasteiger partial charge in [-0.15, -0.1) is 0 Å². The Hall–Kier alpha value is -2.42. The lowest BCUT2D eigenvalue weighted by atomic mass is 9.89. The molecular weight excluding hydrogens is 262 g/mol. The first-order valence-corrected chi connectivity index (χ1v) is 7.17. The van der Waals surface area contributed by atoms with Gasteiger partial charge in [-0.2, -0.15) is 0 Å². The van der Waals surface area contributed by atoms with Gasteiger partial charge in [0.25, 0.3) is 0 Å². The maximum absolute atomic E-state index is 11.9. The Morgan fingerprint density at radius 3 is 2.71 bits per heavy atom. The fraction of sp³-hybridized carbons (Fsp3) is 0.222. The van der Waals surface area contributed by atoms with Gasteiger partial charge in [0, 0.05) is 5.56 Å². The van der Waals surface area contributed by atoms with E-state index in [1.165, 1.54) is 11.1 Å². The molecule has 0 amide bonds. The first kappa shape index (κ1) is 13.6. The maximum atomic E-state index is 11.9. The van der Waals surface area contributed by atoms with Crippen LogP contribution in [0.2, 0.25) is 0 Å². The molecule has 0 fully saturated rings. The van der Waals surface area contributed by atoms with Crippen LogP contribution < -0.4 is 0 Å². The fourth-order valence-electron chi connectivity index (χ4n) is 2.61. The van der Waals surface area contributed by atoms with Gasteiger partial charge in [-0.3, -0.25) is 0 Å². The van der Waals surface area contributed by atoms with Crippen LogP contribution in [0.5, 0.6) is 0 Å². The summed E-state index contributed by atoms with van der Waals surface area (Å²) in [6.45, 7) is 2.08. The standard InChI is InChI=1S/C18H17NO2/c1-13-10-11-16-15(12-13)8-5-9-17(16)19-21-18(20)14-6-3-2-4-7-14/h2-4,6-7,10-12H,5,8-9H2,1H3/b19-17-. The van der Waals surface area contributed by atoms with Crippen molar-refractivity contribution in [2.45, 2.75) is 26.2 Å². The Bertz CT molecular complexity index is 690. The Balaban J connectivity index is 1.81. The Morgan fingerprint density at radius 2 is 1.90 bits per heavy atom. The summed E-state index contributed by atoms with van der Waals surface area (Å²) in [4.78, 5) is 17.0. The molecule has 0 radical (unpaired) electrons. The number of fused-ring (bicyclic) bond motifs is 1. The largest absolute Gasteiger partial charge is 0.365 e. The van der Waals surface area contributed by atoms with Crippen LogP contribution in [0.15, 0.2) is 53.7 Å². The van der Waals surface area contributed by atoms with Crippen molar-refractivity contribution in [2.75, 3.05) is 0 Å². The van der Waals surface area contributed by atoms with Crippen molar-refractivity contribution in [1.29, 1.82) is 0 Å². The lowest BCUT2D eigenvalue weighted by Gasteiger charge is -2.17. The number of aryl methyl sites for hydroxylation is 2. The number of carbonyl (C=O) groups is 1. The highest BCUT2D eigenvalue weighted by Gasteiger charge is 2.17. The lowest BCUT2D eigenvalue weighted by molar-refractivity contribution is 0.0515. The number of rotatable bonds is 2. The first-order chi connectivity index (χ1) is 10.2. The topological polar surface area (TPSA) is 38.7 Å². The normalized spacial score (nSPS) is 15.6. The Morgan fingerprint density at radius 1 is 1.10 bits per heavy atom. The number of hydrogen-bond acceptors (Lipinski definition) is 3. The van der Waals surface area contributed by atoms with Gasteiger partial charge >= 0.3 is 5.97 Å². The molecule has 0 aliphatic heterocycles. The van der Waals surface area contributed by atoms with Crippen LogP contribution in [-0.2, 0) is 11.3 Å². The Kier molecular flexibility index (Phi) is 3.82. The molecule has 0 saturated heterocycles. The average Bonchev–Trinajstić information content (AvgIpc) is 2.53. The van der Waals surface area contributed by atoms with Crippen LogP contribution in [0.1, 0.15) is 39.9 Å². The van der Waals surface area contributed by atoms with E-state index in [-0.39, 0.29) is 0 Å². The fourth-order valence-corrected chi connectivity index (χ4v) is 2.61. The summed E-state index contributed by atoms with van der Waals surface area (Å²) in [6.07, 6.45) is 2.94. The van der Waals surface area contributed by atoms with E-state index in [1.807, 2.05) is 18.2 Å². The maximum Gasteiger partial charge on any atom is 0.365 e. The van der Waals surface area contributed by atoms with Gasteiger partial charge in [-0.05, 0) is 43.9 Å². The molecule has 21 heavy (non-hydrogen) atoms. The Labute approximate surface area is 124 Å². The highest BCUT2D eigenvalue weighted by Crippen LogP contribution is 2.23. The van der Waals surface area contributed by atoms with E-state index >= 15 is 0 Å². The number of hydrogen-bond donors (Lipinski definition) is 0. The van der Waals surface area contributed by atoms with Crippen molar-refractivity contribution in [3.05, 3.63) is 70.8 Å². The second kappa shape index (κ2) is 5.92. The van der Waals surface area contributed by atoms with E-state index in [2.05, 4.69) is 30.3 Å². The van der Waals surface area contributed by atoms with Crippen LogP contribution >= 0.6 is 0 Å². The smallest absolute Gasteiger partial charge is 0.313 e. The monoisotopic (exact) mass is 279 g/mol. The summed E-state index contributed by atoms with van der Waals surface area (Å²) in [6, 6.07) is 15.2. The molecule has 3 nitrogen and oxygen atoms in total. The zero-order valence-corrected chi connectivity index (χ0v) is 12.0. The SMILES string of the molecule is Cc1ccc2c(c1)CCC/C2=N/OC(=O)c1ccccc1. The zero-order valence-electron chi connectivity index (χ0n) is 12.0. The van der Waals surface area contributed by atoms with E-state index in [0.717, 1.165) is 30.5 Å². The number of nitrogens with zero attached hydrogens (tertiary/aromatic N) is 1. The second-order valence-corrected chi connectivity index (χ2v) is 5.30. The molecule has 1 aliphatic rings. The van der Waals surface area contributed by atoms with E-state index in [0.29, 0.717) is 5.56 Å². The molecule has 3 rings (SSSR count).